The molecule has 17 heavy (non-hydrogen) atoms. The largest absolute Gasteiger partial charge is 0.388 e. The van der Waals surface area contributed by atoms with Crippen molar-refractivity contribution in [2.45, 2.75) is 31.3 Å². The zero-order valence-corrected chi connectivity index (χ0v) is 10.2. The Morgan fingerprint density at radius 3 is 2.76 bits per heavy atom. The fraction of sp³-hybridized carbons (Fsp3) is 0.500. The van der Waals surface area contributed by atoms with Gasteiger partial charge in [-0.25, -0.2) is 0 Å². The Morgan fingerprint density at radius 2 is 2.12 bits per heavy atom. The number of benzene rings is 1. The minimum absolute atomic E-state index is 0.544. The van der Waals surface area contributed by atoms with Gasteiger partial charge >= 0.3 is 0 Å². The lowest BCUT2D eigenvalue weighted by molar-refractivity contribution is 0.0559. The molecule has 1 saturated carbocycles. The van der Waals surface area contributed by atoms with E-state index in [-0.39, 0.29) is 0 Å². The van der Waals surface area contributed by atoms with Crippen molar-refractivity contribution in [1.29, 1.82) is 5.26 Å². The molecule has 0 heterocycles. The van der Waals surface area contributed by atoms with Gasteiger partial charge in [0, 0.05) is 19.3 Å². The van der Waals surface area contributed by atoms with E-state index in [1.165, 1.54) is 0 Å². The van der Waals surface area contributed by atoms with Crippen LogP contribution in [-0.4, -0.2) is 24.3 Å². The highest BCUT2D eigenvalue weighted by Gasteiger charge is 2.32. The summed E-state index contributed by atoms with van der Waals surface area (Å²) in [6, 6.07) is 9.64. The summed E-state index contributed by atoms with van der Waals surface area (Å²) in [6.07, 6.45) is 4.00. The maximum absolute atomic E-state index is 10.3. The van der Waals surface area contributed by atoms with Gasteiger partial charge in [0.2, 0.25) is 0 Å². The van der Waals surface area contributed by atoms with E-state index in [4.69, 9.17) is 5.26 Å². The molecule has 90 valence electrons. The van der Waals surface area contributed by atoms with Crippen LogP contribution in [0.3, 0.4) is 0 Å². The number of nitrogens with zero attached hydrogens (tertiary/aromatic N) is 2. The van der Waals surface area contributed by atoms with Crippen molar-refractivity contribution in [2.24, 2.45) is 0 Å². The molecule has 1 aromatic carbocycles. The van der Waals surface area contributed by atoms with Crippen molar-refractivity contribution in [2.75, 3.05) is 18.5 Å². The standard InChI is InChI=1S/C14H18N2O/c1-16(11-14(17)7-2-3-8-14)13-6-4-5-12(9-13)10-15/h4-6,9,17H,2-3,7-8,11H2,1H3. The van der Waals surface area contributed by atoms with E-state index in [0.717, 1.165) is 31.4 Å². The molecule has 0 bridgehead atoms. The molecule has 3 heteroatoms. The van der Waals surface area contributed by atoms with Crippen LogP contribution in [0.15, 0.2) is 24.3 Å². The summed E-state index contributed by atoms with van der Waals surface area (Å²) in [7, 11) is 1.97. The van der Waals surface area contributed by atoms with Crippen LogP contribution in [0.2, 0.25) is 0 Å². The Kier molecular flexibility index (Phi) is 3.35. The van der Waals surface area contributed by atoms with Crippen LogP contribution in [-0.2, 0) is 0 Å². The van der Waals surface area contributed by atoms with Crippen molar-refractivity contribution < 1.29 is 5.11 Å². The lowest BCUT2D eigenvalue weighted by atomic mass is 10.0. The summed E-state index contributed by atoms with van der Waals surface area (Å²) in [5.74, 6) is 0. The molecule has 0 saturated heterocycles. The monoisotopic (exact) mass is 230 g/mol. The highest BCUT2D eigenvalue weighted by molar-refractivity contribution is 5.51. The Bertz CT molecular complexity index is 430. The van der Waals surface area contributed by atoms with Gasteiger partial charge in [0.25, 0.3) is 0 Å². The average molecular weight is 230 g/mol. The summed E-state index contributed by atoms with van der Waals surface area (Å²) in [4.78, 5) is 2.03. The average Bonchev–Trinajstić information content (AvgIpc) is 2.76. The number of aliphatic hydroxyl groups is 1. The Balaban J connectivity index is 2.09. The predicted molar refractivity (Wildman–Crippen MR) is 67.8 cm³/mol. The zero-order chi connectivity index (χ0) is 12.3. The van der Waals surface area contributed by atoms with E-state index in [1.54, 1.807) is 6.07 Å². The topological polar surface area (TPSA) is 47.3 Å². The molecule has 0 atom stereocenters. The Labute approximate surface area is 102 Å². The highest BCUT2D eigenvalue weighted by atomic mass is 16.3. The van der Waals surface area contributed by atoms with Gasteiger partial charge in [-0.15, -0.1) is 0 Å². The summed E-state index contributed by atoms with van der Waals surface area (Å²) in [5.41, 5.74) is 1.11. The van der Waals surface area contributed by atoms with Crippen LogP contribution >= 0.6 is 0 Å². The van der Waals surface area contributed by atoms with Gasteiger partial charge in [-0.3, -0.25) is 0 Å². The smallest absolute Gasteiger partial charge is 0.0992 e. The van der Waals surface area contributed by atoms with E-state index in [1.807, 2.05) is 30.1 Å². The Morgan fingerprint density at radius 1 is 1.41 bits per heavy atom. The zero-order valence-electron chi connectivity index (χ0n) is 10.2. The summed E-state index contributed by atoms with van der Waals surface area (Å²) in [5, 5.41) is 19.2. The molecule has 0 aromatic heterocycles. The molecule has 1 fully saturated rings. The van der Waals surface area contributed by atoms with Crippen molar-refractivity contribution in [3.63, 3.8) is 0 Å². The molecule has 1 aliphatic carbocycles. The highest BCUT2D eigenvalue weighted by Crippen LogP contribution is 2.31. The van der Waals surface area contributed by atoms with Crippen LogP contribution in [0.1, 0.15) is 31.2 Å². The number of rotatable bonds is 3. The predicted octanol–water partition coefficient (Wildman–Crippen LogP) is 2.30. The van der Waals surface area contributed by atoms with E-state index >= 15 is 0 Å². The molecule has 0 spiro atoms. The maximum atomic E-state index is 10.3. The van der Waals surface area contributed by atoms with Crippen molar-refractivity contribution in [1.82, 2.24) is 0 Å². The lowest BCUT2D eigenvalue weighted by Gasteiger charge is -2.30. The molecule has 0 aliphatic heterocycles. The number of hydrogen-bond acceptors (Lipinski definition) is 3. The molecule has 1 aromatic rings. The molecule has 1 aliphatic rings. The molecular weight excluding hydrogens is 212 g/mol. The second-order valence-electron chi connectivity index (χ2n) is 4.95. The van der Waals surface area contributed by atoms with Gasteiger partial charge in [0.1, 0.15) is 0 Å². The summed E-state index contributed by atoms with van der Waals surface area (Å²) >= 11 is 0. The van der Waals surface area contributed by atoms with Gasteiger partial charge in [-0.1, -0.05) is 18.9 Å². The molecular formula is C14H18N2O. The molecule has 0 radical (unpaired) electrons. The third-order valence-electron chi connectivity index (χ3n) is 3.48. The van der Waals surface area contributed by atoms with Gasteiger partial charge in [-0.2, -0.15) is 5.26 Å². The summed E-state index contributed by atoms with van der Waals surface area (Å²) in [6.45, 7) is 0.641. The third-order valence-corrected chi connectivity index (χ3v) is 3.48. The first-order valence-electron chi connectivity index (χ1n) is 6.07. The molecule has 2 rings (SSSR count). The van der Waals surface area contributed by atoms with E-state index in [0.29, 0.717) is 12.1 Å². The second kappa shape index (κ2) is 4.77. The van der Waals surface area contributed by atoms with Crippen LogP contribution < -0.4 is 4.90 Å². The quantitative estimate of drug-likeness (QED) is 0.866. The van der Waals surface area contributed by atoms with E-state index in [2.05, 4.69) is 6.07 Å². The van der Waals surface area contributed by atoms with Crippen molar-refractivity contribution >= 4 is 5.69 Å². The molecule has 0 amide bonds. The first-order chi connectivity index (χ1) is 8.13. The third kappa shape index (κ3) is 2.78. The van der Waals surface area contributed by atoms with Gasteiger partial charge in [-0.05, 0) is 31.0 Å². The normalized spacial score (nSPS) is 17.7. The van der Waals surface area contributed by atoms with Gasteiger partial charge in [0.15, 0.2) is 0 Å². The molecule has 1 N–H and O–H groups in total. The fourth-order valence-corrected chi connectivity index (χ4v) is 2.54. The molecule has 0 unspecified atom stereocenters. The van der Waals surface area contributed by atoms with E-state index in [9.17, 15) is 5.11 Å². The minimum atomic E-state index is -0.544. The van der Waals surface area contributed by atoms with Crippen molar-refractivity contribution in [3.05, 3.63) is 29.8 Å². The van der Waals surface area contributed by atoms with Crippen LogP contribution in [0.25, 0.3) is 0 Å². The number of likely N-dealkylation sites (N-methyl/N-ethyl adjacent to an activating group) is 1. The number of nitriles is 1. The maximum Gasteiger partial charge on any atom is 0.0992 e. The van der Waals surface area contributed by atoms with Crippen molar-refractivity contribution in [3.8, 4) is 6.07 Å². The first kappa shape index (κ1) is 11.9. The fourth-order valence-electron chi connectivity index (χ4n) is 2.54. The lowest BCUT2D eigenvalue weighted by Crippen LogP contribution is -2.39. The Hall–Kier alpha value is -1.53. The summed E-state index contributed by atoms with van der Waals surface area (Å²) < 4.78 is 0. The van der Waals surface area contributed by atoms with E-state index < -0.39 is 5.60 Å². The SMILES string of the molecule is CN(CC1(O)CCCC1)c1cccc(C#N)c1. The number of anilines is 1. The molecule has 3 nitrogen and oxygen atoms in total. The minimum Gasteiger partial charge on any atom is -0.388 e. The van der Waals surface area contributed by atoms with Gasteiger partial charge < -0.3 is 10.0 Å². The second-order valence-corrected chi connectivity index (χ2v) is 4.95. The number of hydrogen-bond donors (Lipinski definition) is 1. The van der Waals surface area contributed by atoms with Crippen LogP contribution in [0.4, 0.5) is 5.69 Å². The van der Waals surface area contributed by atoms with Crippen LogP contribution in [0, 0.1) is 11.3 Å². The first-order valence-corrected chi connectivity index (χ1v) is 6.07. The van der Waals surface area contributed by atoms with Crippen LogP contribution in [0.5, 0.6) is 0 Å². The van der Waals surface area contributed by atoms with Gasteiger partial charge in [0.05, 0.1) is 17.2 Å².